The van der Waals surface area contributed by atoms with Crippen molar-refractivity contribution in [3.63, 3.8) is 0 Å². The molecule has 1 saturated carbocycles. The summed E-state index contributed by atoms with van der Waals surface area (Å²) in [5.74, 6) is 0.837. The first-order chi connectivity index (χ1) is 8.33. The van der Waals surface area contributed by atoms with Gasteiger partial charge in [-0.3, -0.25) is 0 Å². The molecule has 1 N–H and O–H groups in total. The van der Waals surface area contributed by atoms with Gasteiger partial charge in [0.25, 0.3) is 0 Å². The molecule has 17 heavy (non-hydrogen) atoms. The Hall–Kier alpha value is -1.56. The molecule has 0 amide bonds. The number of nitrogens with one attached hydrogen (secondary N) is 1. The molecule has 2 rings (SSSR count). The second-order valence-electron chi connectivity index (χ2n) is 4.79. The smallest absolute Gasteiger partial charge is 0.163 e. The average Bonchev–Trinajstić information content (AvgIpc) is 2.39. The second-order valence-corrected chi connectivity index (χ2v) is 4.79. The molecule has 1 aromatic heterocycles. The lowest BCUT2D eigenvalue weighted by molar-refractivity contribution is 0.327. The Bertz CT molecular complexity index is 408. The van der Waals surface area contributed by atoms with Crippen LogP contribution >= 0.6 is 0 Å². The highest BCUT2D eigenvalue weighted by atomic mass is 14.9. The molecule has 1 aliphatic rings. The van der Waals surface area contributed by atoms with Gasteiger partial charge in [-0.05, 0) is 30.9 Å². The highest BCUT2D eigenvalue weighted by Crippen LogP contribution is 2.29. The zero-order chi connectivity index (χ0) is 12.1. The van der Waals surface area contributed by atoms with Crippen LogP contribution in [0.2, 0.25) is 0 Å². The van der Waals surface area contributed by atoms with Gasteiger partial charge in [-0.2, -0.15) is 5.26 Å². The van der Waals surface area contributed by atoms with Crippen molar-refractivity contribution in [2.45, 2.75) is 45.1 Å². The molecule has 1 aromatic rings. The lowest BCUT2D eigenvalue weighted by atomic mass is 9.84. The SMILES string of the molecule is CCC1CCCC(Nc2cccnc2C#N)C1. The van der Waals surface area contributed by atoms with Crippen LogP contribution in [0.5, 0.6) is 0 Å². The summed E-state index contributed by atoms with van der Waals surface area (Å²) in [4.78, 5) is 4.08. The van der Waals surface area contributed by atoms with Gasteiger partial charge in [0, 0.05) is 12.2 Å². The van der Waals surface area contributed by atoms with Crippen molar-refractivity contribution in [1.82, 2.24) is 4.98 Å². The van der Waals surface area contributed by atoms with Gasteiger partial charge < -0.3 is 5.32 Å². The lowest BCUT2D eigenvalue weighted by Gasteiger charge is -2.29. The zero-order valence-electron chi connectivity index (χ0n) is 10.3. The Morgan fingerprint density at radius 1 is 1.53 bits per heavy atom. The molecule has 1 heterocycles. The highest BCUT2D eigenvalue weighted by Gasteiger charge is 2.21. The summed E-state index contributed by atoms with van der Waals surface area (Å²) in [7, 11) is 0. The summed E-state index contributed by atoms with van der Waals surface area (Å²) in [5.41, 5.74) is 1.39. The van der Waals surface area contributed by atoms with Crippen LogP contribution in [0.1, 0.15) is 44.7 Å². The topological polar surface area (TPSA) is 48.7 Å². The van der Waals surface area contributed by atoms with Gasteiger partial charge in [0.2, 0.25) is 0 Å². The van der Waals surface area contributed by atoms with Crippen molar-refractivity contribution >= 4 is 5.69 Å². The summed E-state index contributed by atoms with van der Waals surface area (Å²) in [6.45, 7) is 2.26. The highest BCUT2D eigenvalue weighted by molar-refractivity contribution is 5.53. The third-order valence-electron chi connectivity index (χ3n) is 3.63. The van der Waals surface area contributed by atoms with Crippen molar-refractivity contribution in [3.05, 3.63) is 24.0 Å². The molecule has 0 aliphatic heterocycles. The molecule has 0 aromatic carbocycles. The summed E-state index contributed by atoms with van der Waals surface area (Å²) in [6.07, 6.45) is 7.99. The van der Waals surface area contributed by atoms with E-state index in [1.54, 1.807) is 6.20 Å². The quantitative estimate of drug-likeness (QED) is 0.864. The Balaban J connectivity index is 2.03. The minimum Gasteiger partial charge on any atom is -0.380 e. The van der Waals surface area contributed by atoms with E-state index in [9.17, 15) is 0 Å². The normalized spacial score (nSPS) is 24.0. The van der Waals surface area contributed by atoms with E-state index >= 15 is 0 Å². The minimum absolute atomic E-state index is 0.505. The first-order valence-corrected chi connectivity index (χ1v) is 6.45. The molecule has 0 saturated heterocycles. The van der Waals surface area contributed by atoms with Gasteiger partial charge in [-0.1, -0.05) is 26.2 Å². The van der Waals surface area contributed by atoms with Gasteiger partial charge in [0.1, 0.15) is 6.07 Å². The largest absolute Gasteiger partial charge is 0.380 e. The molecule has 1 aliphatic carbocycles. The summed E-state index contributed by atoms with van der Waals surface area (Å²) < 4.78 is 0. The fourth-order valence-corrected chi connectivity index (χ4v) is 2.62. The van der Waals surface area contributed by atoms with Gasteiger partial charge >= 0.3 is 0 Å². The first kappa shape index (κ1) is 11.9. The number of anilines is 1. The van der Waals surface area contributed by atoms with Crippen LogP contribution in [0.4, 0.5) is 5.69 Å². The van der Waals surface area contributed by atoms with E-state index in [1.807, 2.05) is 12.1 Å². The van der Waals surface area contributed by atoms with Gasteiger partial charge in [-0.25, -0.2) is 4.98 Å². The molecule has 1 fully saturated rings. The van der Waals surface area contributed by atoms with Crippen molar-refractivity contribution in [1.29, 1.82) is 5.26 Å². The Labute approximate surface area is 103 Å². The van der Waals surface area contributed by atoms with Gasteiger partial charge in [-0.15, -0.1) is 0 Å². The number of nitrogens with zero attached hydrogens (tertiary/aromatic N) is 2. The Morgan fingerprint density at radius 3 is 3.18 bits per heavy atom. The van der Waals surface area contributed by atoms with Crippen molar-refractivity contribution < 1.29 is 0 Å². The molecule has 2 atom stereocenters. The van der Waals surface area contributed by atoms with E-state index in [-0.39, 0.29) is 0 Å². The Morgan fingerprint density at radius 2 is 2.41 bits per heavy atom. The molecular weight excluding hydrogens is 210 g/mol. The first-order valence-electron chi connectivity index (χ1n) is 6.45. The molecule has 0 bridgehead atoms. The summed E-state index contributed by atoms with van der Waals surface area (Å²) in [6, 6.07) is 6.47. The summed E-state index contributed by atoms with van der Waals surface area (Å²) >= 11 is 0. The van der Waals surface area contributed by atoms with Crippen LogP contribution in [0, 0.1) is 17.2 Å². The number of aromatic nitrogens is 1. The van der Waals surface area contributed by atoms with E-state index in [0.717, 1.165) is 11.6 Å². The minimum atomic E-state index is 0.505. The van der Waals surface area contributed by atoms with E-state index in [0.29, 0.717) is 11.7 Å². The maximum absolute atomic E-state index is 8.99. The van der Waals surface area contributed by atoms with Crippen LogP contribution in [0.15, 0.2) is 18.3 Å². The molecule has 2 unspecified atom stereocenters. The van der Waals surface area contributed by atoms with Gasteiger partial charge in [0.15, 0.2) is 5.69 Å². The van der Waals surface area contributed by atoms with Crippen LogP contribution < -0.4 is 5.32 Å². The van der Waals surface area contributed by atoms with Crippen molar-refractivity contribution in [2.24, 2.45) is 5.92 Å². The summed E-state index contributed by atoms with van der Waals surface area (Å²) in [5, 5.41) is 12.5. The van der Waals surface area contributed by atoms with Crippen LogP contribution in [0.3, 0.4) is 0 Å². The van der Waals surface area contributed by atoms with E-state index < -0.39 is 0 Å². The Kier molecular flexibility index (Phi) is 3.98. The lowest BCUT2D eigenvalue weighted by Crippen LogP contribution is -2.27. The second kappa shape index (κ2) is 5.67. The molecule has 90 valence electrons. The molecule has 0 radical (unpaired) electrons. The molecule has 3 heteroatoms. The van der Waals surface area contributed by atoms with E-state index in [4.69, 9.17) is 5.26 Å². The van der Waals surface area contributed by atoms with Crippen LogP contribution in [0.25, 0.3) is 0 Å². The van der Waals surface area contributed by atoms with E-state index in [2.05, 4.69) is 23.3 Å². The zero-order valence-corrected chi connectivity index (χ0v) is 10.3. The molecule has 0 spiro atoms. The third-order valence-corrected chi connectivity index (χ3v) is 3.63. The number of hydrogen-bond donors (Lipinski definition) is 1. The number of rotatable bonds is 3. The van der Waals surface area contributed by atoms with Crippen LogP contribution in [-0.4, -0.2) is 11.0 Å². The maximum atomic E-state index is 8.99. The number of hydrogen-bond acceptors (Lipinski definition) is 3. The maximum Gasteiger partial charge on any atom is 0.163 e. The van der Waals surface area contributed by atoms with Crippen molar-refractivity contribution in [2.75, 3.05) is 5.32 Å². The van der Waals surface area contributed by atoms with Gasteiger partial charge in [0.05, 0.1) is 5.69 Å². The number of pyridine rings is 1. The van der Waals surface area contributed by atoms with Crippen LogP contribution in [-0.2, 0) is 0 Å². The average molecular weight is 229 g/mol. The van der Waals surface area contributed by atoms with Crippen molar-refractivity contribution in [3.8, 4) is 6.07 Å². The fraction of sp³-hybridized carbons (Fsp3) is 0.571. The van der Waals surface area contributed by atoms with E-state index in [1.165, 1.54) is 32.1 Å². The predicted molar refractivity (Wildman–Crippen MR) is 68.6 cm³/mol. The third kappa shape index (κ3) is 2.97. The standard InChI is InChI=1S/C14H19N3/c1-2-11-5-3-6-12(9-11)17-13-7-4-8-16-14(13)10-15/h4,7-8,11-12,17H,2-3,5-6,9H2,1H3. The molecular formula is C14H19N3. The number of nitriles is 1. The predicted octanol–water partition coefficient (Wildman–Crippen LogP) is 3.33. The monoisotopic (exact) mass is 229 g/mol. The molecule has 3 nitrogen and oxygen atoms in total. The fourth-order valence-electron chi connectivity index (χ4n) is 2.62.